The molecular formula is C18H25FN2O2. The highest BCUT2D eigenvalue weighted by Crippen LogP contribution is 2.39. The van der Waals surface area contributed by atoms with E-state index in [0.29, 0.717) is 12.8 Å². The fourth-order valence-corrected chi connectivity index (χ4v) is 3.63. The first-order chi connectivity index (χ1) is 10.8. The maximum absolute atomic E-state index is 15.0. The van der Waals surface area contributed by atoms with Gasteiger partial charge in [-0.15, -0.1) is 0 Å². The Morgan fingerprint density at radius 3 is 2.61 bits per heavy atom. The zero-order valence-corrected chi connectivity index (χ0v) is 14.0. The van der Waals surface area contributed by atoms with Gasteiger partial charge >= 0.3 is 6.09 Å². The number of nitrogens with one attached hydrogen (secondary N) is 1. The Kier molecular flexibility index (Phi) is 4.21. The standard InChI is InChI=1S/C18H25FN2O2/c1-18(2,3)23-17(22)21-13-9-10-15(21)16(19)14(11-13)20-12-7-5-4-6-8-12/h4-8,13-16,20H,9-11H2,1-3H3/t13-,14-,15+,16-/m0/s1. The predicted octanol–water partition coefficient (Wildman–Crippen LogP) is 3.98. The van der Waals surface area contributed by atoms with Crippen molar-refractivity contribution in [2.75, 3.05) is 5.32 Å². The highest BCUT2D eigenvalue weighted by Gasteiger charge is 2.50. The van der Waals surface area contributed by atoms with Crippen LogP contribution in [-0.2, 0) is 4.74 Å². The second kappa shape index (κ2) is 6.02. The molecule has 126 valence electrons. The van der Waals surface area contributed by atoms with Crippen LogP contribution in [0.5, 0.6) is 0 Å². The summed E-state index contributed by atoms with van der Waals surface area (Å²) in [6, 6.07) is 9.10. The van der Waals surface area contributed by atoms with Gasteiger partial charge in [0.1, 0.15) is 11.8 Å². The lowest BCUT2D eigenvalue weighted by atomic mass is 9.95. The lowest BCUT2D eigenvalue weighted by Crippen LogP contribution is -2.57. The Morgan fingerprint density at radius 1 is 1.26 bits per heavy atom. The van der Waals surface area contributed by atoms with Gasteiger partial charge in [0.2, 0.25) is 0 Å². The van der Waals surface area contributed by atoms with Gasteiger partial charge in [-0.3, -0.25) is 4.90 Å². The van der Waals surface area contributed by atoms with E-state index in [0.717, 1.165) is 12.1 Å². The summed E-state index contributed by atoms with van der Waals surface area (Å²) >= 11 is 0. The summed E-state index contributed by atoms with van der Waals surface area (Å²) in [6.45, 7) is 5.51. The van der Waals surface area contributed by atoms with Crippen LogP contribution in [-0.4, -0.2) is 40.9 Å². The summed E-state index contributed by atoms with van der Waals surface area (Å²) in [7, 11) is 0. The van der Waals surface area contributed by atoms with Crippen molar-refractivity contribution in [1.29, 1.82) is 0 Å². The average molecular weight is 320 g/mol. The molecule has 0 aromatic heterocycles. The molecule has 4 atom stereocenters. The van der Waals surface area contributed by atoms with Gasteiger partial charge in [0.15, 0.2) is 0 Å². The third-order valence-electron chi connectivity index (χ3n) is 4.55. The summed E-state index contributed by atoms with van der Waals surface area (Å²) in [5.41, 5.74) is 0.367. The number of para-hydroxylation sites is 1. The van der Waals surface area contributed by atoms with Gasteiger partial charge in [-0.25, -0.2) is 9.18 Å². The summed E-state index contributed by atoms with van der Waals surface area (Å²) in [5, 5.41) is 3.29. The second-order valence-electron chi connectivity index (χ2n) is 7.48. The highest BCUT2D eigenvalue weighted by atomic mass is 19.1. The fraction of sp³-hybridized carbons (Fsp3) is 0.611. The van der Waals surface area contributed by atoms with Crippen molar-refractivity contribution in [1.82, 2.24) is 4.90 Å². The normalized spacial score (nSPS) is 30.2. The minimum atomic E-state index is -1.08. The molecule has 2 aliphatic rings. The number of ether oxygens (including phenoxy) is 1. The number of hydrogen-bond donors (Lipinski definition) is 1. The third-order valence-corrected chi connectivity index (χ3v) is 4.55. The van der Waals surface area contributed by atoms with Crippen molar-refractivity contribution in [3.63, 3.8) is 0 Å². The highest BCUT2D eigenvalue weighted by molar-refractivity contribution is 5.70. The molecule has 5 heteroatoms. The molecule has 4 nitrogen and oxygen atoms in total. The molecule has 1 aromatic carbocycles. The van der Waals surface area contributed by atoms with Crippen LogP contribution in [0.25, 0.3) is 0 Å². The average Bonchev–Trinajstić information content (AvgIpc) is 2.82. The summed E-state index contributed by atoms with van der Waals surface area (Å²) in [5.74, 6) is 0. The molecule has 0 unspecified atom stereocenters. The molecule has 0 radical (unpaired) electrons. The van der Waals surface area contributed by atoms with Gasteiger partial charge < -0.3 is 10.1 Å². The first-order valence-corrected chi connectivity index (χ1v) is 8.32. The summed E-state index contributed by atoms with van der Waals surface area (Å²) < 4.78 is 20.4. The van der Waals surface area contributed by atoms with Crippen molar-refractivity contribution in [3.05, 3.63) is 30.3 Å². The maximum Gasteiger partial charge on any atom is 0.410 e. The number of alkyl halides is 1. The number of carbonyl (C=O) groups excluding carboxylic acids is 1. The molecule has 2 fully saturated rings. The van der Waals surface area contributed by atoms with E-state index in [1.165, 1.54) is 0 Å². The Labute approximate surface area is 137 Å². The molecule has 2 aliphatic heterocycles. The molecule has 1 aromatic rings. The number of nitrogens with zero attached hydrogens (tertiary/aromatic N) is 1. The monoisotopic (exact) mass is 320 g/mol. The van der Waals surface area contributed by atoms with E-state index in [2.05, 4.69) is 5.32 Å². The fourth-order valence-electron chi connectivity index (χ4n) is 3.63. The van der Waals surface area contributed by atoms with E-state index >= 15 is 0 Å². The predicted molar refractivity (Wildman–Crippen MR) is 88.2 cm³/mol. The molecule has 23 heavy (non-hydrogen) atoms. The van der Waals surface area contributed by atoms with Crippen LogP contribution in [0.3, 0.4) is 0 Å². The molecule has 2 heterocycles. The lowest BCUT2D eigenvalue weighted by Gasteiger charge is -2.42. The summed E-state index contributed by atoms with van der Waals surface area (Å²) in [6.07, 6.45) is 0.702. The van der Waals surface area contributed by atoms with Gasteiger partial charge in [0, 0.05) is 11.7 Å². The minimum Gasteiger partial charge on any atom is -0.444 e. The van der Waals surface area contributed by atoms with Crippen molar-refractivity contribution >= 4 is 11.8 Å². The van der Waals surface area contributed by atoms with E-state index in [4.69, 9.17) is 4.74 Å². The van der Waals surface area contributed by atoms with Crippen LogP contribution < -0.4 is 5.32 Å². The van der Waals surface area contributed by atoms with E-state index in [1.807, 2.05) is 51.1 Å². The molecular weight excluding hydrogens is 295 g/mol. The van der Waals surface area contributed by atoms with E-state index in [-0.39, 0.29) is 24.2 Å². The zero-order valence-electron chi connectivity index (χ0n) is 14.0. The minimum absolute atomic E-state index is 0.0584. The number of carbonyl (C=O) groups is 1. The molecule has 1 amide bonds. The van der Waals surface area contributed by atoms with E-state index in [1.54, 1.807) is 4.90 Å². The van der Waals surface area contributed by atoms with Crippen LogP contribution in [0.1, 0.15) is 40.0 Å². The Hall–Kier alpha value is -1.78. The van der Waals surface area contributed by atoms with Gasteiger partial charge in [0.05, 0.1) is 12.1 Å². The molecule has 3 rings (SSSR count). The topological polar surface area (TPSA) is 41.6 Å². The smallest absolute Gasteiger partial charge is 0.410 e. The van der Waals surface area contributed by atoms with Gasteiger partial charge in [0.25, 0.3) is 0 Å². The lowest BCUT2D eigenvalue weighted by molar-refractivity contribution is -0.00831. The number of amides is 1. The summed E-state index contributed by atoms with van der Waals surface area (Å²) in [4.78, 5) is 14.0. The molecule has 2 saturated heterocycles. The quantitative estimate of drug-likeness (QED) is 0.896. The molecule has 0 aliphatic carbocycles. The molecule has 2 bridgehead atoms. The van der Waals surface area contributed by atoms with Crippen molar-refractivity contribution in [2.45, 2.75) is 69.9 Å². The van der Waals surface area contributed by atoms with Crippen LogP contribution >= 0.6 is 0 Å². The largest absolute Gasteiger partial charge is 0.444 e. The van der Waals surface area contributed by atoms with E-state index < -0.39 is 11.8 Å². The van der Waals surface area contributed by atoms with E-state index in [9.17, 15) is 9.18 Å². The second-order valence-corrected chi connectivity index (χ2v) is 7.48. The van der Waals surface area contributed by atoms with Crippen LogP contribution in [0.4, 0.5) is 14.9 Å². The number of rotatable bonds is 2. The van der Waals surface area contributed by atoms with Gasteiger partial charge in [-0.05, 0) is 52.2 Å². The van der Waals surface area contributed by atoms with Crippen molar-refractivity contribution < 1.29 is 13.9 Å². The number of benzene rings is 1. The SMILES string of the molecule is CC(C)(C)OC(=O)N1[C@H]2CC[C@@H]1[C@@H](F)[C@@H](Nc1ccccc1)C2. The zero-order chi connectivity index (χ0) is 16.6. The molecule has 0 spiro atoms. The Balaban J connectivity index is 1.70. The number of halogens is 1. The van der Waals surface area contributed by atoms with Crippen LogP contribution in [0, 0.1) is 0 Å². The molecule has 1 N–H and O–H groups in total. The number of hydrogen-bond acceptors (Lipinski definition) is 3. The third kappa shape index (κ3) is 3.43. The first kappa shape index (κ1) is 16.1. The Morgan fingerprint density at radius 2 is 1.96 bits per heavy atom. The van der Waals surface area contributed by atoms with Gasteiger partial charge in [-0.1, -0.05) is 18.2 Å². The maximum atomic E-state index is 15.0. The van der Waals surface area contributed by atoms with Gasteiger partial charge in [-0.2, -0.15) is 0 Å². The number of piperidine rings is 1. The first-order valence-electron chi connectivity index (χ1n) is 8.32. The van der Waals surface area contributed by atoms with Crippen LogP contribution in [0.15, 0.2) is 30.3 Å². The van der Waals surface area contributed by atoms with Crippen molar-refractivity contribution in [3.8, 4) is 0 Å². The number of anilines is 1. The molecule has 0 saturated carbocycles. The number of fused-ring (bicyclic) bond motifs is 2. The Bertz CT molecular complexity index is 558. The van der Waals surface area contributed by atoms with Crippen molar-refractivity contribution in [2.24, 2.45) is 0 Å². The van der Waals surface area contributed by atoms with Crippen LogP contribution in [0.2, 0.25) is 0 Å².